The van der Waals surface area contributed by atoms with Crippen LogP contribution in [0.15, 0.2) is 5.16 Å². The molecule has 0 spiro atoms. The van der Waals surface area contributed by atoms with E-state index in [0.29, 0.717) is 11.9 Å². The summed E-state index contributed by atoms with van der Waals surface area (Å²) in [7, 11) is 0. The molecule has 1 heterocycles. The Labute approximate surface area is 110 Å². The van der Waals surface area contributed by atoms with Crippen molar-refractivity contribution in [3.05, 3.63) is 0 Å². The van der Waals surface area contributed by atoms with E-state index in [9.17, 15) is 0 Å². The van der Waals surface area contributed by atoms with Gasteiger partial charge in [0, 0.05) is 18.0 Å². The van der Waals surface area contributed by atoms with Gasteiger partial charge in [0.2, 0.25) is 0 Å². The number of amidine groups is 1. The zero-order chi connectivity index (χ0) is 13.6. The maximum absolute atomic E-state index is 8.73. The SMILES string of the molecule is CCC1COCCN1CCCC(C)(C)C(N)=NO. The first-order valence-corrected chi connectivity index (χ1v) is 6.81. The summed E-state index contributed by atoms with van der Waals surface area (Å²) in [5.74, 6) is 0.316. The molecular formula is C13H27N3O2. The van der Waals surface area contributed by atoms with E-state index in [-0.39, 0.29) is 5.41 Å². The lowest BCUT2D eigenvalue weighted by Crippen LogP contribution is -2.45. The van der Waals surface area contributed by atoms with E-state index >= 15 is 0 Å². The Hall–Kier alpha value is -0.810. The molecule has 1 rings (SSSR count). The summed E-state index contributed by atoms with van der Waals surface area (Å²) in [6.45, 7) is 9.98. The van der Waals surface area contributed by atoms with Crippen LogP contribution in [0.25, 0.3) is 0 Å². The average molecular weight is 257 g/mol. The molecule has 1 saturated heterocycles. The van der Waals surface area contributed by atoms with Crippen molar-refractivity contribution in [3.8, 4) is 0 Å². The molecule has 0 amide bonds. The molecule has 0 aromatic rings. The minimum atomic E-state index is -0.233. The molecule has 0 aromatic carbocycles. The van der Waals surface area contributed by atoms with E-state index in [1.54, 1.807) is 0 Å². The fraction of sp³-hybridized carbons (Fsp3) is 0.923. The zero-order valence-corrected chi connectivity index (χ0v) is 11.9. The Kier molecular flexibility index (Phi) is 5.88. The molecule has 1 fully saturated rings. The van der Waals surface area contributed by atoms with Gasteiger partial charge in [-0.3, -0.25) is 4.90 Å². The predicted molar refractivity (Wildman–Crippen MR) is 72.9 cm³/mol. The molecule has 1 aliphatic heterocycles. The minimum absolute atomic E-state index is 0.233. The van der Waals surface area contributed by atoms with Gasteiger partial charge in [0.1, 0.15) is 5.84 Å². The van der Waals surface area contributed by atoms with Gasteiger partial charge < -0.3 is 15.7 Å². The normalized spacial score (nSPS) is 23.3. The zero-order valence-electron chi connectivity index (χ0n) is 11.9. The maximum atomic E-state index is 8.73. The van der Waals surface area contributed by atoms with Crippen LogP contribution in [-0.2, 0) is 4.74 Å². The molecule has 3 N–H and O–H groups in total. The summed E-state index contributed by atoms with van der Waals surface area (Å²) in [4.78, 5) is 2.49. The molecule has 0 radical (unpaired) electrons. The van der Waals surface area contributed by atoms with E-state index in [0.717, 1.165) is 45.6 Å². The largest absolute Gasteiger partial charge is 0.409 e. The summed E-state index contributed by atoms with van der Waals surface area (Å²) in [5, 5.41) is 11.9. The molecule has 5 nitrogen and oxygen atoms in total. The van der Waals surface area contributed by atoms with Gasteiger partial charge in [-0.05, 0) is 25.8 Å². The highest BCUT2D eigenvalue weighted by Crippen LogP contribution is 2.23. The summed E-state index contributed by atoms with van der Waals surface area (Å²) in [6, 6.07) is 0.547. The molecule has 106 valence electrons. The second-order valence-corrected chi connectivity index (χ2v) is 5.65. The van der Waals surface area contributed by atoms with Crippen molar-refractivity contribution >= 4 is 5.84 Å². The van der Waals surface area contributed by atoms with E-state index in [2.05, 4.69) is 17.0 Å². The Morgan fingerprint density at radius 1 is 1.56 bits per heavy atom. The van der Waals surface area contributed by atoms with E-state index in [1.807, 2.05) is 13.8 Å². The molecule has 0 aliphatic carbocycles. The van der Waals surface area contributed by atoms with Crippen molar-refractivity contribution in [1.29, 1.82) is 0 Å². The number of nitrogens with two attached hydrogens (primary N) is 1. The fourth-order valence-corrected chi connectivity index (χ4v) is 2.35. The monoisotopic (exact) mass is 257 g/mol. The van der Waals surface area contributed by atoms with Gasteiger partial charge in [-0.2, -0.15) is 0 Å². The van der Waals surface area contributed by atoms with Gasteiger partial charge in [0.05, 0.1) is 13.2 Å². The van der Waals surface area contributed by atoms with E-state index in [1.165, 1.54) is 0 Å². The van der Waals surface area contributed by atoms with Gasteiger partial charge in [0.25, 0.3) is 0 Å². The van der Waals surface area contributed by atoms with Gasteiger partial charge in [-0.15, -0.1) is 0 Å². The first kappa shape index (κ1) is 15.2. The molecule has 18 heavy (non-hydrogen) atoms. The molecule has 5 heteroatoms. The Morgan fingerprint density at radius 3 is 2.89 bits per heavy atom. The molecule has 0 bridgehead atoms. The molecule has 1 aliphatic rings. The van der Waals surface area contributed by atoms with Crippen LogP contribution in [0, 0.1) is 5.41 Å². The Balaban J connectivity index is 2.36. The first-order chi connectivity index (χ1) is 8.51. The summed E-state index contributed by atoms with van der Waals surface area (Å²) in [6.07, 6.45) is 3.11. The summed E-state index contributed by atoms with van der Waals surface area (Å²) >= 11 is 0. The standard InChI is InChI=1S/C13H27N3O2/c1-4-11-10-18-9-8-16(11)7-5-6-13(2,3)12(14)15-17/h11,17H,4-10H2,1-3H3,(H2,14,15). The van der Waals surface area contributed by atoms with E-state index in [4.69, 9.17) is 15.7 Å². The van der Waals surface area contributed by atoms with Gasteiger partial charge >= 0.3 is 0 Å². The van der Waals surface area contributed by atoms with Crippen molar-refractivity contribution in [2.75, 3.05) is 26.3 Å². The lowest BCUT2D eigenvalue weighted by atomic mass is 9.86. The summed E-state index contributed by atoms with van der Waals surface area (Å²) < 4.78 is 5.49. The number of nitrogens with zero attached hydrogens (tertiary/aromatic N) is 2. The van der Waals surface area contributed by atoms with Crippen LogP contribution in [-0.4, -0.2) is 48.3 Å². The lowest BCUT2D eigenvalue weighted by Gasteiger charge is -2.35. The third kappa shape index (κ3) is 4.14. The van der Waals surface area contributed by atoms with Crippen molar-refractivity contribution in [2.24, 2.45) is 16.3 Å². The van der Waals surface area contributed by atoms with Crippen LogP contribution in [0.3, 0.4) is 0 Å². The minimum Gasteiger partial charge on any atom is -0.409 e. The summed E-state index contributed by atoms with van der Waals surface area (Å²) in [5.41, 5.74) is 5.46. The number of hydrogen-bond acceptors (Lipinski definition) is 4. The van der Waals surface area contributed by atoms with Gasteiger partial charge in [-0.25, -0.2) is 0 Å². The fourth-order valence-electron chi connectivity index (χ4n) is 2.35. The second kappa shape index (κ2) is 6.95. The average Bonchev–Trinajstić information content (AvgIpc) is 2.38. The highest BCUT2D eigenvalue weighted by molar-refractivity contribution is 5.85. The highest BCUT2D eigenvalue weighted by atomic mass is 16.5. The highest BCUT2D eigenvalue weighted by Gasteiger charge is 2.25. The quantitative estimate of drug-likeness (QED) is 0.328. The van der Waals surface area contributed by atoms with Crippen LogP contribution < -0.4 is 5.73 Å². The van der Waals surface area contributed by atoms with Crippen LogP contribution in [0.4, 0.5) is 0 Å². The number of hydrogen-bond donors (Lipinski definition) is 2. The van der Waals surface area contributed by atoms with Gasteiger partial charge in [0.15, 0.2) is 0 Å². The van der Waals surface area contributed by atoms with Crippen LogP contribution in [0.5, 0.6) is 0 Å². The van der Waals surface area contributed by atoms with Crippen LogP contribution in [0.1, 0.15) is 40.0 Å². The lowest BCUT2D eigenvalue weighted by molar-refractivity contribution is -0.00971. The second-order valence-electron chi connectivity index (χ2n) is 5.65. The molecular weight excluding hydrogens is 230 g/mol. The molecule has 0 saturated carbocycles. The smallest absolute Gasteiger partial charge is 0.144 e. The van der Waals surface area contributed by atoms with Crippen molar-refractivity contribution in [1.82, 2.24) is 4.90 Å². The Bertz CT molecular complexity index is 279. The van der Waals surface area contributed by atoms with Crippen molar-refractivity contribution in [2.45, 2.75) is 46.1 Å². The first-order valence-electron chi connectivity index (χ1n) is 6.81. The van der Waals surface area contributed by atoms with Gasteiger partial charge in [-0.1, -0.05) is 25.9 Å². The number of ether oxygens (including phenoxy) is 1. The van der Waals surface area contributed by atoms with Crippen molar-refractivity contribution in [3.63, 3.8) is 0 Å². The number of morpholine rings is 1. The molecule has 1 atom stereocenters. The van der Waals surface area contributed by atoms with Crippen molar-refractivity contribution < 1.29 is 9.94 Å². The number of oxime groups is 1. The third-order valence-corrected chi connectivity index (χ3v) is 3.87. The number of rotatable bonds is 6. The predicted octanol–water partition coefficient (Wildman–Crippen LogP) is 1.65. The van der Waals surface area contributed by atoms with E-state index < -0.39 is 0 Å². The maximum Gasteiger partial charge on any atom is 0.144 e. The Morgan fingerprint density at radius 2 is 2.28 bits per heavy atom. The molecule has 1 unspecified atom stereocenters. The van der Waals surface area contributed by atoms with Crippen LogP contribution >= 0.6 is 0 Å². The van der Waals surface area contributed by atoms with Crippen LogP contribution in [0.2, 0.25) is 0 Å². The third-order valence-electron chi connectivity index (χ3n) is 3.87. The topological polar surface area (TPSA) is 71.1 Å². The molecule has 0 aromatic heterocycles.